The highest BCUT2D eigenvalue weighted by molar-refractivity contribution is 7.99. The number of nitrogens with zero attached hydrogens (tertiary/aromatic N) is 3. The number of alkyl halides is 3. The standard InChI is InChI=1S/C24H27F3N4O2S/c1-5-31-20(14-33-19-11-9-16(10-12-19)23(2,3)4)29-30-22(31)34-15-21(32)28-18-8-6-7-17(13-18)24(25,26)27/h6-13H,5,14-15H2,1-4H3,(H,28,32). The molecule has 3 rings (SSSR count). The van der Waals surface area contributed by atoms with Crippen LogP contribution in [0.4, 0.5) is 18.9 Å². The fourth-order valence-electron chi connectivity index (χ4n) is 3.15. The number of amides is 1. The zero-order chi connectivity index (χ0) is 24.9. The summed E-state index contributed by atoms with van der Waals surface area (Å²) in [5.41, 5.74) is 0.532. The summed E-state index contributed by atoms with van der Waals surface area (Å²) in [6, 6.07) is 12.4. The van der Waals surface area contributed by atoms with Crippen LogP contribution in [0.15, 0.2) is 53.7 Å². The van der Waals surface area contributed by atoms with Crippen molar-refractivity contribution in [3.63, 3.8) is 0 Å². The maximum absolute atomic E-state index is 12.9. The largest absolute Gasteiger partial charge is 0.486 e. The Bertz CT molecular complexity index is 1120. The molecule has 1 heterocycles. The van der Waals surface area contributed by atoms with Crippen molar-refractivity contribution >= 4 is 23.4 Å². The molecule has 0 aliphatic heterocycles. The smallest absolute Gasteiger partial charge is 0.416 e. The van der Waals surface area contributed by atoms with Crippen LogP contribution in [0.2, 0.25) is 0 Å². The number of aromatic nitrogens is 3. The van der Waals surface area contributed by atoms with Crippen LogP contribution in [0.3, 0.4) is 0 Å². The molecular formula is C24H27F3N4O2S. The first-order chi connectivity index (χ1) is 16.0. The van der Waals surface area contributed by atoms with Crippen LogP contribution in [-0.2, 0) is 29.5 Å². The Labute approximate surface area is 200 Å². The Morgan fingerprint density at radius 1 is 1.06 bits per heavy atom. The highest BCUT2D eigenvalue weighted by atomic mass is 32.2. The molecule has 2 aromatic carbocycles. The Balaban J connectivity index is 1.57. The summed E-state index contributed by atoms with van der Waals surface area (Å²) in [7, 11) is 0. The topological polar surface area (TPSA) is 69.0 Å². The van der Waals surface area contributed by atoms with Gasteiger partial charge in [-0.1, -0.05) is 50.7 Å². The van der Waals surface area contributed by atoms with Crippen molar-refractivity contribution in [3.05, 3.63) is 65.5 Å². The van der Waals surface area contributed by atoms with Crippen molar-refractivity contribution < 1.29 is 22.7 Å². The molecule has 0 atom stereocenters. The van der Waals surface area contributed by atoms with Gasteiger partial charge in [-0.3, -0.25) is 4.79 Å². The zero-order valence-electron chi connectivity index (χ0n) is 19.4. The van der Waals surface area contributed by atoms with Crippen LogP contribution >= 0.6 is 11.8 Å². The number of anilines is 1. The molecule has 0 spiro atoms. The van der Waals surface area contributed by atoms with Crippen LogP contribution < -0.4 is 10.1 Å². The molecule has 0 unspecified atom stereocenters. The van der Waals surface area contributed by atoms with E-state index in [0.29, 0.717) is 23.3 Å². The number of hydrogen-bond acceptors (Lipinski definition) is 5. The van der Waals surface area contributed by atoms with Gasteiger partial charge in [0, 0.05) is 12.2 Å². The lowest BCUT2D eigenvalue weighted by molar-refractivity contribution is -0.137. The molecule has 0 aliphatic rings. The monoisotopic (exact) mass is 492 g/mol. The van der Waals surface area contributed by atoms with Gasteiger partial charge < -0.3 is 14.6 Å². The molecule has 34 heavy (non-hydrogen) atoms. The second-order valence-electron chi connectivity index (χ2n) is 8.62. The Morgan fingerprint density at radius 2 is 1.76 bits per heavy atom. The number of rotatable bonds is 8. The molecule has 6 nitrogen and oxygen atoms in total. The second-order valence-corrected chi connectivity index (χ2v) is 9.56. The van der Waals surface area contributed by atoms with Crippen LogP contribution in [0.1, 0.15) is 44.6 Å². The normalized spacial score (nSPS) is 12.0. The fraction of sp³-hybridized carbons (Fsp3) is 0.375. The molecule has 1 aromatic heterocycles. The van der Waals surface area contributed by atoms with E-state index >= 15 is 0 Å². The van der Waals surface area contributed by atoms with Crippen molar-refractivity contribution in [2.24, 2.45) is 0 Å². The Hall–Kier alpha value is -3.01. The van der Waals surface area contributed by atoms with Crippen molar-refractivity contribution in [1.82, 2.24) is 14.8 Å². The molecule has 1 amide bonds. The first-order valence-corrected chi connectivity index (χ1v) is 11.7. The van der Waals surface area contributed by atoms with Gasteiger partial charge in [0.15, 0.2) is 11.0 Å². The van der Waals surface area contributed by atoms with E-state index in [4.69, 9.17) is 4.74 Å². The third-order valence-electron chi connectivity index (χ3n) is 5.00. The van der Waals surface area contributed by atoms with Crippen LogP contribution in [0, 0.1) is 0 Å². The van der Waals surface area contributed by atoms with E-state index in [1.807, 2.05) is 35.8 Å². The molecule has 10 heteroatoms. The van der Waals surface area contributed by atoms with Gasteiger partial charge in [-0.25, -0.2) is 0 Å². The SMILES string of the molecule is CCn1c(COc2ccc(C(C)(C)C)cc2)nnc1SCC(=O)Nc1cccc(C(F)(F)F)c1. The Morgan fingerprint density at radius 3 is 2.38 bits per heavy atom. The first kappa shape index (κ1) is 25.6. The summed E-state index contributed by atoms with van der Waals surface area (Å²) in [4.78, 5) is 12.3. The van der Waals surface area contributed by atoms with Gasteiger partial charge in [0.25, 0.3) is 0 Å². The van der Waals surface area contributed by atoms with Crippen LogP contribution in [-0.4, -0.2) is 26.4 Å². The predicted octanol–water partition coefficient (Wildman–Crippen LogP) is 5.92. The molecular weight excluding hydrogens is 465 g/mol. The third-order valence-corrected chi connectivity index (χ3v) is 5.97. The van der Waals surface area contributed by atoms with Crippen molar-refractivity contribution in [2.75, 3.05) is 11.1 Å². The van der Waals surface area contributed by atoms with Gasteiger partial charge in [-0.05, 0) is 48.2 Å². The summed E-state index contributed by atoms with van der Waals surface area (Å²) in [6.45, 7) is 9.15. The maximum Gasteiger partial charge on any atom is 0.416 e. The van der Waals surface area contributed by atoms with Gasteiger partial charge in [-0.2, -0.15) is 13.2 Å². The van der Waals surface area contributed by atoms with Crippen molar-refractivity contribution in [1.29, 1.82) is 0 Å². The molecule has 0 saturated carbocycles. The summed E-state index contributed by atoms with van der Waals surface area (Å²) < 4.78 is 46.2. The third kappa shape index (κ3) is 6.75. The summed E-state index contributed by atoms with van der Waals surface area (Å²) in [5.74, 6) is 0.868. The molecule has 0 bridgehead atoms. The van der Waals surface area contributed by atoms with Crippen LogP contribution in [0.25, 0.3) is 0 Å². The van der Waals surface area contributed by atoms with Gasteiger partial charge in [0.1, 0.15) is 12.4 Å². The Kier molecular flexibility index (Phi) is 7.91. The minimum absolute atomic E-state index is 0.0243. The zero-order valence-corrected chi connectivity index (χ0v) is 20.3. The first-order valence-electron chi connectivity index (χ1n) is 10.7. The quantitative estimate of drug-likeness (QED) is 0.395. The highest BCUT2D eigenvalue weighted by Crippen LogP contribution is 2.31. The molecule has 0 aliphatic carbocycles. The van der Waals surface area contributed by atoms with Crippen molar-refractivity contribution in [3.8, 4) is 5.75 Å². The van der Waals surface area contributed by atoms with E-state index in [1.54, 1.807) is 0 Å². The molecule has 3 aromatic rings. The average Bonchev–Trinajstić information content (AvgIpc) is 3.17. The molecule has 0 radical (unpaired) electrons. The number of thioether (sulfide) groups is 1. The number of carbonyl (C=O) groups is 1. The highest BCUT2D eigenvalue weighted by Gasteiger charge is 2.30. The van der Waals surface area contributed by atoms with Crippen LogP contribution in [0.5, 0.6) is 5.75 Å². The number of halogens is 3. The number of carbonyl (C=O) groups excluding carboxylic acids is 1. The predicted molar refractivity (Wildman–Crippen MR) is 126 cm³/mol. The average molecular weight is 493 g/mol. The van der Waals surface area contributed by atoms with Gasteiger partial charge >= 0.3 is 6.18 Å². The molecule has 0 saturated heterocycles. The number of hydrogen-bond donors (Lipinski definition) is 1. The summed E-state index contributed by atoms with van der Waals surface area (Å²) in [6.07, 6.45) is -4.47. The van der Waals surface area contributed by atoms with E-state index < -0.39 is 17.6 Å². The lowest BCUT2D eigenvalue weighted by Crippen LogP contribution is -2.15. The molecule has 0 fully saturated rings. The maximum atomic E-state index is 12.9. The number of ether oxygens (including phenoxy) is 1. The second kappa shape index (κ2) is 10.5. The lowest BCUT2D eigenvalue weighted by atomic mass is 9.87. The summed E-state index contributed by atoms with van der Waals surface area (Å²) >= 11 is 1.16. The fourth-order valence-corrected chi connectivity index (χ4v) is 3.97. The van der Waals surface area contributed by atoms with Gasteiger partial charge in [0.05, 0.1) is 11.3 Å². The van der Waals surface area contributed by atoms with E-state index in [2.05, 4.69) is 36.3 Å². The minimum atomic E-state index is -4.47. The molecule has 182 valence electrons. The molecule has 1 N–H and O–H groups in total. The van der Waals surface area contributed by atoms with Gasteiger partial charge in [0.2, 0.25) is 5.91 Å². The van der Waals surface area contributed by atoms with E-state index in [9.17, 15) is 18.0 Å². The van der Waals surface area contributed by atoms with E-state index in [0.717, 1.165) is 23.9 Å². The number of benzene rings is 2. The number of nitrogens with one attached hydrogen (secondary N) is 1. The van der Waals surface area contributed by atoms with Crippen molar-refractivity contribution in [2.45, 2.75) is 57.6 Å². The lowest BCUT2D eigenvalue weighted by Gasteiger charge is -2.19. The minimum Gasteiger partial charge on any atom is -0.486 e. The van der Waals surface area contributed by atoms with E-state index in [-0.39, 0.29) is 23.5 Å². The summed E-state index contributed by atoms with van der Waals surface area (Å²) in [5, 5.41) is 11.3. The van der Waals surface area contributed by atoms with E-state index in [1.165, 1.54) is 17.7 Å². The van der Waals surface area contributed by atoms with Gasteiger partial charge in [-0.15, -0.1) is 10.2 Å².